The molecule has 3 nitrogen and oxygen atoms in total. The third-order valence-electron chi connectivity index (χ3n) is 2.51. The van der Waals surface area contributed by atoms with Gasteiger partial charge in [-0.1, -0.05) is 23.8 Å². The molecule has 0 aliphatic heterocycles. The lowest BCUT2D eigenvalue weighted by molar-refractivity contribution is 0.0689. The van der Waals surface area contributed by atoms with Gasteiger partial charge in [-0.15, -0.1) is 11.8 Å². The summed E-state index contributed by atoms with van der Waals surface area (Å²) in [7, 11) is 0. The fourth-order valence-electron chi connectivity index (χ4n) is 1.54. The molecule has 0 unspecified atom stereocenters. The van der Waals surface area contributed by atoms with E-state index >= 15 is 0 Å². The molecule has 1 heterocycles. The largest absolute Gasteiger partial charge is 0.477 e. The molecule has 1 N–H and O–H groups in total. The fourth-order valence-corrected chi connectivity index (χ4v) is 2.43. The zero-order valence-electron chi connectivity index (χ0n) is 9.96. The highest BCUT2D eigenvalue weighted by molar-refractivity contribution is 7.98. The average molecular weight is 259 g/mol. The first-order valence-corrected chi connectivity index (χ1v) is 6.52. The molecular weight excluding hydrogens is 246 g/mol. The number of rotatable bonds is 4. The zero-order chi connectivity index (χ0) is 13.0. The van der Waals surface area contributed by atoms with Crippen molar-refractivity contribution in [3.05, 3.63) is 59.4 Å². The Morgan fingerprint density at radius 3 is 2.67 bits per heavy atom. The zero-order valence-corrected chi connectivity index (χ0v) is 10.8. The van der Waals surface area contributed by atoms with Crippen molar-refractivity contribution in [1.29, 1.82) is 0 Å². The van der Waals surface area contributed by atoms with Crippen LogP contribution in [-0.2, 0) is 5.75 Å². The highest BCUT2D eigenvalue weighted by atomic mass is 32.2. The van der Waals surface area contributed by atoms with E-state index < -0.39 is 5.97 Å². The Morgan fingerprint density at radius 1 is 1.28 bits per heavy atom. The molecule has 0 saturated heterocycles. The van der Waals surface area contributed by atoms with Gasteiger partial charge in [0, 0.05) is 16.8 Å². The summed E-state index contributed by atoms with van der Waals surface area (Å²) >= 11 is 1.61. The van der Waals surface area contributed by atoms with E-state index in [0.29, 0.717) is 5.75 Å². The quantitative estimate of drug-likeness (QED) is 0.855. The lowest BCUT2D eigenvalue weighted by Crippen LogP contribution is -2.04. The van der Waals surface area contributed by atoms with Crippen LogP contribution in [0.25, 0.3) is 0 Å². The molecule has 0 saturated carbocycles. The van der Waals surface area contributed by atoms with Crippen LogP contribution in [0.2, 0.25) is 0 Å². The number of aromatic nitrogens is 1. The first-order valence-electron chi connectivity index (χ1n) is 5.53. The van der Waals surface area contributed by atoms with Crippen molar-refractivity contribution >= 4 is 17.7 Å². The van der Waals surface area contributed by atoms with Crippen LogP contribution in [0.4, 0.5) is 0 Å². The van der Waals surface area contributed by atoms with Gasteiger partial charge in [0.25, 0.3) is 0 Å². The molecule has 0 amide bonds. The number of aromatic carboxylic acids is 1. The standard InChI is InChI=1S/C14H13NO2S/c1-10-4-6-12(7-5-10)18-9-11-3-2-8-15-13(11)14(16)17/h2-8H,9H2,1H3,(H,16,17). The molecule has 92 valence electrons. The van der Waals surface area contributed by atoms with Gasteiger partial charge in [0.1, 0.15) is 0 Å². The molecule has 18 heavy (non-hydrogen) atoms. The molecule has 0 bridgehead atoms. The number of pyridine rings is 1. The Hall–Kier alpha value is -1.81. The summed E-state index contributed by atoms with van der Waals surface area (Å²) in [5.74, 6) is -0.367. The number of benzene rings is 1. The molecule has 1 aromatic heterocycles. The maximum Gasteiger partial charge on any atom is 0.354 e. The van der Waals surface area contributed by atoms with E-state index in [4.69, 9.17) is 5.11 Å². The number of nitrogens with zero attached hydrogens (tertiary/aromatic N) is 1. The summed E-state index contributed by atoms with van der Waals surface area (Å²) in [6, 6.07) is 11.7. The summed E-state index contributed by atoms with van der Waals surface area (Å²) in [6.07, 6.45) is 1.50. The van der Waals surface area contributed by atoms with E-state index in [-0.39, 0.29) is 5.69 Å². The minimum atomic E-state index is -0.977. The van der Waals surface area contributed by atoms with Crippen LogP contribution in [0.5, 0.6) is 0 Å². The maximum atomic E-state index is 11.0. The van der Waals surface area contributed by atoms with E-state index in [9.17, 15) is 4.79 Å². The normalized spacial score (nSPS) is 10.3. The minimum absolute atomic E-state index is 0.136. The highest BCUT2D eigenvalue weighted by Gasteiger charge is 2.10. The van der Waals surface area contributed by atoms with Crippen molar-refractivity contribution in [2.75, 3.05) is 0 Å². The second kappa shape index (κ2) is 5.69. The Balaban J connectivity index is 2.10. The summed E-state index contributed by atoms with van der Waals surface area (Å²) in [5, 5.41) is 9.03. The second-order valence-corrected chi connectivity index (χ2v) is 4.97. The van der Waals surface area contributed by atoms with E-state index in [0.717, 1.165) is 10.5 Å². The van der Waals surface area contributed by atoms with Crippen LogP contribution in [0, 0.1) is 6.92 Å². The highest BCUT2D eigenvalue weighted by Crippen LogP contribution is 2.24. The fraction of sp³-hybridized carbons (Fsp3) is 0.143. The van der Waals surface area contributed by atoms with E-state index in [2.05, 4.69) is 4.98 Å². The first-order chi connectivity index (χ1) is 8.66. The van der Waals surface area contributed by atoms with E-state index in [1.54, 1.807) is 23.9 Å². The Labute approximate surface area is 110 Å². The molecule has 0 aliphatic carbocycles. The van der Waals surface area contributed by atoms with Gasteiger partial charge < -0.3 is 5.11 Å². The van der Waals surface area contributed by atoms with E-state index in [1.807, 2.05) is 31.2 Å². The van der Waals surface area contributed by atoms with Gasteiger partial charge in [-0.3, -0.25) is 0 Å². The van der Waals surface area contributed by atoms with Gasteiger partial charge in [0.2, 0.25) is 0 Å². The van der Waals surface area contributed by atoms with Crippen LogP contribution in [0.15, 0.2) is 47.5 Å². The minimum Gasteiger partial charge on any atom is -0.477 e. The number of hydrogen-bond donors (Lipinski definition) is 1. The molecule has 2 rings (SSSR count). The van der Waals surface area contributed by atoms with Gasteiger partial charge in [0.05, 0.1) is 0 Å². The maximum absolute atomic E-state index is 11.0. The van der Waals surface area contributed by atoms with Crippen molar-refractivity contribution in [1.82, 2.24) is 4.98 Å². The van der Waals surface area contributed by atoms with Gasteiger partial charge >= 0.3 is 5.97 Å². The third-order valence-corrected chi connectivity index (χ3v) is 3.57. The van der Waals surface area contributed by atoms with Gasteiger partial charge in [-0.25, -0.2) is 9.78 Å². The van der Waals surface area contributed by atoms with Crippen molar-refractivity contribution in [3.63, 3.8) is 0 Å². The van der Waals surface area contributed by atoms with Crippen LogP contribution in [-0.4, -0.2) is 16.1 Å². The number of carboxylic acid groups (broad SMARTS) is 1. The molecule has 0 aliphatic rings. The molecule has 0 spiro atoms. The van der Waals surface area contributed by atoms with Crippen LogP contribution in [0.3, 0.4) is 0 Å². The summed E-state index contributed by atoms with van der Waals surface area (Å²) < 4.78 is 0. The van der Waals surface area contributed by atoms with E-state index in [1.165, 1.54) is 11.8 Å². The molecular formula is C14H13NO2S. The lowest BCUT2D eigenvalue weighted by atomic mass is 10.2. The number of carbonyl (C=O) groups is 1. The summed E-state index contributed by atoms with van der Waals surface area (Å²) in [5.41, 5.74) is 2.10. The molecule has 0 atom stereocenters. The van der Waals surface area contributed by atoms with Crippen LogP contribution >= 0.6 is 11.8 Å². The Kier molecular flexibility index (Phi) is 3.99. The SMILES string of the molecule is Cc1ccc(SCc2cccnc2C(=O)O)cc1. The molecule has 0 radical (unpaired) electrons. The predicted molar refractivity (Wildman–Crippen MR) is 71.9 cm³/mol. The van der Waals surface area contributed by atoms with Gasteiger partial charge in [-0.05, 0) is 30.7 Å². The predicted octanol–water partition coefficient (Wildman–Crippen LogP) is 3.38. The Bertz CT molecular complexity index is 552. The van der Waals surface area contributed by atoms with Crippen molar-refractivity contribution in [3.8, 4) is 0 Å². The van der Waals surface area contributed by atoms with Crippen LogP contribution < -0.4 is 0 Å². The number of carboxylic acids is 1. The first kappa shape index (κ1) is 12.6. The van der Waals surface area contributed by atoms with Crippen molar-refractivity contribution in [2.24, 2.45) is 0 Å². The molecule has 1 aromatic carbocycles. The van der Waals surface area contributed by atoms with Crippen LogP contribution in [0.1, 0.15) is 21.6 Å². The number of thioether (sulfide) groups is 1. The Morgan fingerprint density at radius 2 is 2.00 bits per heavy atom. The summed E-state index contributed by atoms with van der Waals surface area (Å²) in [4.78, 5) is 16.0. The van der Waals surface area contributed by atoms with Crippen molar-refractivity contribution < 1.29 is 9.90 Å². The molecule has 0 fully saturated rings. The van der Waals surface area contributed by atoms with Gasteiger partial charge in [-0.2, -0.15) is 0 Å². The number of aryl methyl sites for hydroxylation is 1. The molecule has 2 aromatic rings. The molecule has 4 heteroatoms. The second-order valence-electron chi connectivity index (χ2n) is 3.92. The third kappa shape index (κ3) is 3.11. The number of hydrogen-bond acceptors (Lipinski definition) is 3. The topological polar surface area (TPSA) is 50.2 Å². The summed E-state index contributed by atoms with van der Waals surface area (Å²) in [6.45, 7) is 2.04. The van der Waals surface area contributed by atoms with Gasteiger partial charge in [0.15, 0.2) is 5.69 Å². The average Bonchev–Trinajstić information content (AvgIpc) is 2.38. The smallest absolute Gasteiger partial charge is 0.354 e. The lowest BCUT2D eigenvalue weighted by Gasteiger charge is -2.05. The monoisotopic (exact) mass is 259 g/mol. The van der Waals surface area contributed by atoms with Crippen molar-refractivity contribution in [2.45, 2.75) is 17.6 Å².